The summed E-state index contributed by atoms with van der Waals surface area (Å²) in [5.74, 6) is -0.165. The molecule has 2 rings (SSSR count). The van der Waals surface area contributed by atoms with Gasteiger partial charge in [-0.2, -0.15) is 0 Å². The Morgan fingerprint density at radius 3 is 2.65 bits per heavy atom. The van der Waals surface area contributed by atoms with Crippen LogP contribution in [0.4, 0.5) is 4.79 Å². The van der Waals surface area contributed by atoms with E-state index in [0.29, 0.717) is 13.2 Å². The van der Waals surface area contributed by atoms with Crippen LogP contribution in [-0.2, 0) is 9.53 Å². The zero-order valence-corrected chi connectivity index (χ0v) is 9.78. The van der Waals surface area contributed by atoms with Gasteiger partial charge in [0.15, 0.2) is 0 Å². The van der Waals surface area contributed by atoms with Crippen LogP contribution in [0.15, 0.2) is 0 Å². The number of aliphatic hydroxyl groups excluding tert-OH is 1. The van der Waals surface area contributed by atoms with Gasteiger partial charge in [0.25, 0.3) is 5.91 Å². The third-order valence-electron chi connectivity index (χ3n) is 3.53. The Balaban J connectivity index is 1.97. The van der Waals surface area contributed by atoms with Crippen molar-refractivity contribution in [2.24, 2.45) is 0 Å². The first kappa shape index (κ1) is 12.3. The van der Waals surface area contributed by atoms with Crippen molar-refractivity contribution in [1.82, 2.24) is 10.2 Å². The zero-order chi connectivity index (χ0) is 12.3. The van der Waals surface area contributed by atoms with Gasteiger partial charge in [-0.25, -0.2) is 4.79 Å². The molecule has 0 aromatic carbocycles. The molecule has 17 heavy (non-hydrogen) atoms. The lowest BCUT2D eigenvalue weighted by Crippen LogP contribution is -2.48. The van der Waals surface area contributed by atoms with Gasteiger partial charge in [-0.15, -0.1) is 0 Å². The highest BCUT2D eigenvalue weighted by atomic mass is 16.5. The van der Waals surface area contributed by atoms with Gasteiger partial charge in [-0.1, -0.05) is 12.8 Å². The Morgan fingerprint density at radius 1 is 1.29 bits per heavy atom. The highest BCUT2D eigenvalue weighted by Gasteiger charge is 2.53. The second-order valence-electron chi connectivity index (χ2n) is 4.49. The van der Waals surface area contributed by atoms with Crippen molar-refractivity contribution in [3.8, 4) is 0 Å². The summed E-state index contributed by atoms with van der Waals surface area (Å²) in [5.41, 5.74) is -0.625. The molecule has 1 aliphatic carbocycles. The summed E-state index contributed by atoms with van der Waals surface area (Å²) in [7, 11) is 0. The predicted octanol–water partition coefficient (Wildman–Crippen LogP) is -0.140. The van der Waals surface area contributed by atoms with Crippen LogP contribution >= 0.6 is 0 Å². The average Bonchev–Trinajstić information content (AvgIpc) is 2.86. The average molecular weight is 242 g/mol. The molecular formula is C11H18N2O4. The molecule has 0 radical (unpaired) electrons. The summed E-state index contributed by atoms with van der Waals surface area (Å²) < 4.78 is 5.15. The number of hydrogen-bond acceptors (Lipinski definition) is 4. The molecule has 0 unspecified atom stereocenters. The second kappa shape index (κ2) is 5.01. The lowest BCUT2D eigenvalue weighted by atomic mass is 9.96. The number of ether oxygens (including phenoxy) is 1. The van der Waals surface area contributed by atoms with Crippen molar-refractivity contribution in [2.75, 3.05) is 26.4 Å². The molecule has 1 spiro atoms. The number of hydrogen-bond donors (Lipinski definition) is 2. The smallest absolute Gasteiger partial charge is 0.325 e. The van der Waals surface area contributed by atoms with Gasteiger partial charge in [0.1, 0.15) is 5.54 Å². The summed E-state index contributed by atoms with van der Waals surface area (Å²) in [6.07, 6.45) is 3.44. The predicted molar refractivity (Wildman–Crippen MR) is 59.3 cm³/mol. The van der Waals surface area contributed by atoms with Crippen LogP contribution in [0.5, 0.6) is 0 Å². The molecule has 6 heteroatoms. The Morgan fingerprint density at radius 2 is 2.00 bits per heavy atom. The van der Waals surface area contributed by atoms with E-state index in [9.17, 15) is 9.59 Å². The van der Waals surface area contributed by atoms with Gasteiger partial charge in [-0.05, 0) is 12.8 Å². The Labute approximate surface area is 99.9 Å². The molecular weight excluding hydrogens is 224 g/mol. The maximum atomic E-state index is 11.9. The van der Waals surface area contributed by atoms with E-state index in [1.807, 2.05) is 0 Å². The highest BCUT2D eigenvalue weighted by molar-refractivity contribution is 6.07. The number of nitrogens with zero attached hydrogens (tertiary/aromatic N) is 1. The number of urea groups is 1. The molecule has 0 aromatic rings. The van der Waals surface area contributed by atoms with Gasteiger partial charge >= 0.3 is 6.03 Å². The van der Waals surface area contributed by atoms with E-state index in [-0.39, 0.29) is 25.2 Å². The maximum absolute atomic E-state index is 11.9. The zero-order valence-electron chi connectivity index (χ0n) is 9.78. The van der Waals surface area contributed by atoms with E-state index in [1.165, 1.54) is 0 Å². The highest BCUT2D eigenvalue weighted by Crippen LogP contribution is 2.38. The summed E-state index contributed by atoms with van der Waals surface area (Å²) in [5, 5.41) is 11.0. The number of rotatable bonds is 5. The number of nitrogens with one attached hydrogen (secondary N) is 1. The molecule has 1 heterocycles. The van der Waals surface area contributed by atoms with Crippen LogP contribution in [0.1, 0.15) is 25.7 Å². The fourth-order valence-electron chi connectivity index (χ4n) is 2.69. The van der Waals surface area contributed by atoms with Crippen molar-refractivity contribution in [1.29, 1.82) is 0 Å². The lowest BCUT2D eigenvalue weighted by molar-refractivity contribution is -0.126. The summed E-state index contributed by atoms with van der Waals surface area (Å²) >= 11 is 0. The SMILES string of the molecule is O=C1NC(=O)C2(CCCC2)N1CCOCCO. The normalized spacial score (nSPS) is 22.5. The molecule has 2 aliphatic rings. The number of carbonyl (C=O) groups excluding carboxylic acids is 2. The van der Waals surface area contributed by atoms with Crippen LogP contribution in [0.3, 0.4) is 0 Å². The molecule has 1 saturated heterocycles. The van der Waals surface area contributed by atoms with Crippen LogP contribution in [0.25, 0.3) is 0 Å². The first-order valence-corrected chi connectivity index (χ1v) is 6.02. The van der Waals surface area contributed by atoms with Crippen molar-refractivity contribution in [2.45, 2.75) is 31.2 Å². The van der Waals surface area contributed by atoms with E-state index in [0.717, 1.165) is 25.7 Å². The van der Waals surface area contributed by atoms with Crippen molar-refractivity contribution >= 4 is 11.9 Å². The summed E-state index contributed by atoms with van der Waals surface area (Å²) in [6, 6.07) is -0.315. The van der Waals surface area contributed by atoms with E-state index in [2.05, 4.69) is 5.32 Å². The molecule has 6 nitrogen and oxygen atoms in total. The number of aliphatic hydroxyl groups is 1. The van der Waals surface area contributed by atoms with E-state index in [1.54, 1.807) is 4.90 Å². The standard InChI is InChI=1S/C11H18N2O4/c14-6-8-17-7-5-13-10(16)12-9(15)11(13)3-1-2-4-11/h14H,1-8H2,(H,12,15,16). The molecule has 3 amide bonds. The Hall–Kier alpha value is -1.14. The monoisotopic (exact) mass is 242 g/mol. The van der Waals surface area contributed by atoms with Crippen molar-refractivity contribution in [3.05, 3.63) is 0 Å². The molecule has 0 atom stereocenters. The largest absolute Gasteiger partial charge is 0.394 e. The third-order valence-corrected chi connectivity index (χ3v) is 3.53. The minimum absolute atomic E-state index is 0.0315. The number of carbonyl (C=O) groups is 2. The van der Waals surface area contributed by atoms with Crippen LogP contribution < -0.4 is 5.32 Å². The van der Waals surface area contributed by atoms with E-state index in [4.69, 9.17) is 9.84 Å². The summed E-state index contributed by atoms with van der Waals surface area (Å²) in [4.78, 5) is 25.1. The molecule has 2 fully saturated rings. The second-order valence-corrected chi connectivity index (χ2v) is 4.49. The van der Waals surface area contributed by atoms with Gasteiger partial charge in [-0.3, -0.25) is 10.1 Å². The van der Waals surface area contributed by atoms with E-state index >= 15 is 0 Å². The fraction of sp³-hybridized carbons (Fsp3) is 0.818. The van der Waals surface area contributed by atoms with Crippen molar-refractivity contribution in [3.63, 3.8) is 0 Å². The Kier molecular flexibility index (Phi) is 3.63. The van der Waals surface area contributed by atoms with Crippen LogP contribution in [0, 0.1) is 0 Å². The minimum atomic E-state index is -0.625. The quantitative estimate of drug-likeness (QED) is 0.519. The molecule has 2 N–H and O–H groups in total. The molecule has 0 bridgehead atoms. The molecule has 1 saturated carbocycles. The van der Waals surface area contributed by atoms with Crippen LogP contribution in [0.2, 0.25) is 0 Å². The third kappa shape index (κ3) is 2.14. The molecule has 0 aromatic heterocycles. The molecule has 96 valence electrons. The topological polar surface area (TPSA) is 78.9 Å². The number of amides is 3. The van der Waals surface area contributed by atoms with Gasteiger partial charge in [0.2, 0.25) is 0 Å². The summed E-state index contributed by atoms with van der Waals surface area (Å²) in [6.45, 7) is 0.979. The first-order valence-electron chi connectivity index (χ1n) is 6.02. The van der Waals surface area contributed by atoms with Gasteiger partial charge in [0.05, 0.1) is 19.8 Å². The maximum Gasteiger partial charge on any atom is 0.325 e. The van der Waals surface area contributed by atoms with E-state index < -0.39 is 5.54 Å². The molecule has 1 aliphatic heterocycles. The van der Waals surface area contributed by atoms with Gasteiger partial charge in [0, 0.05) is 6.54 Å². The number of imide groups is 1. The Bertz CT molecular complexity index is 313. The minimum Gasteiger partial charge on any atom is -0.394 e. The van der Waals surface area contributed by atoms with Gasteiger partial charge < -0.3 is 14.7 Å². The van der Waals surface area contributed by atoms with Crippen LogP contribution in [-0.4, -0.2) is 53.8 Å². The first-order chi connectivity index (χ1) is 8.20. The fourth-order valence-corrected chi connectivity index (χ4v) is 2.69. The lowest BCUT2D eigenvalue weighted by Gasteiger charge is -2.31. The van der Waals surface area contributed by atoms with Crippen molar-refractivity contribution < 1.29 is 19.4 Å².